The van der Waals surface area contributed by atoms with Gasteiger partial charge in [-0.15, -0.1) is 0 Å². The van der Waals surface area contributed by atoms with E-state index in [9.17, 15) is 18.0 Å². The molecule has 116 valence electrons. The summed E-state index contributed by atoms with van der Waals surface area (Å²) in [5.41, 5.74) is 0. The Morgan fingerprint density at radius 1 is 1.19 bits per heavy atom. The van der Waals surface area contributed by atoms with Crippen LogP contribution < -0.4 is 9.64 Å². The quantitative estimate of drug-likeness (QED) is 0.630. The number of esters is 1. The van der Waals surface area contributed by atoms with Gasteiger partial charge in [0.2, 0.25) is 11.6 Å². The molecular formula is C13H15F3N2O3. The van der Waals surface area contributed by atoms with Crippen molar-refractivity contribution in [3.8, 4) is 5.75 Å². The van der Waals surface area contributed by atoms with E-state index in [1.54, 1.807) is 0 Å². The Labute approximate surface area is 119 Å². The predicted molar refractivity (Wildman–Crippen MR) is 67.6 cm³/mol. The normalized spacial score (nSPS) is 16.0. The number of aromatic nitrogens is 1. The largest absolute Gasteiger partial charge is 0.491 e. The SMILES string of the molecule is COC(=O)C1CCN(c2nc(F)c(F)c(OC)c2F)CC1. The van der Waals surface area contributed by atoms with Gasteiger partial charge >= 0.3 is 5.97 Å². The van der Waals surface area contributed by atoms with Crippen LogP contribution in [0.3, 0.4) is 0 Å². The van der Waals surface area contributed by atoms with Gasteiger partial charge in [-0.1, -0.05) is 0 Å². The average molecular weight is 304 g/mol. The van der Waals surface area contributed by atoms with E-state index in [0.29, 0.717) is 12.8 Å². The average Bonchev–Trinajstić information content (AvgIpc) is 2.51. The molecule has 0 unspecified atom stereocenters. The molecule has 0 aromatic carbocycles. The summed E-state index contributed by atoms with van der Waals surface area (Å²) in [6.45, 7) is 0.579. The molecule has 2 rings (SSSR count). The second-order valence-corrected chi connectivity index (χ2v) is 4.67. The molecular weight excluding hydrogens is 289 g/mol. The van der Waals surface area contributed by atoms with Gasteiger partial charge in [-0.3, -0.25) is 4.79 Å². The van der Waals surface area contributed by atoms with Gasteiger partial charge in [0.05, 0.1) is 20.1 Å². The van der Waals surface area contributed by atoms with Gasteiger partial charge in [-0.25, -0.2) is 0 Å². The highest BCUT2D eigenvalue weighted by molar-refractivity contribution is 5.72. The van der Waals surface area contributed by atoms with E-state index in [1.807, 2.05) is 0 Å². The van der Waals surface area contributed by atoms with Crippen molar-refractivity contribution in [2.24, 2.45) is 5.92 Å². The fraction of sp³-hybridized carbons (Fsp3) is 0.538. The standard InChI is InChI=1S/C13H15F3N2O3/c1-20-10-8(14)11(16)17-12(9(10)15)18-5-3-7(4-6-18)13(19)21-2/h7H,3-6H2,1-2H3. The third-order valence-electron chi connectivity index (χ3n) is 3.51. The fourth-order valence-electron chi connectivity index (χ4n) is 2.37. The summed E-state index contributed by atoms with van der Waals surface area (Å²) in [7, 11) is 2.35. The molecule has 1 aromatic rings. The number of hydrogen-bond acceptors (Lipinski definition) is 5. The molecule has 1 saturated heterocycles. The first-order valence-corrected chi connectivity index (χ1v) is 6.40. The Kier molecular flexibility index (Phi) is 4.54. The van der Waals surface area contributed by atoms with Crippen molar-refractivity contribution in [2.45, 2.75) is 12.8 Å². The Balaban J connectivity index is 2.21. The van der Waals surface area contributed by atoms with Gasteiger partial charge in [-0.05, 0) is 12.8 Å². The fourth-order valence-corrected chi connectivity index (χ4v) is 2.37. The number of pyridine rings is 1. The van der Waals surface area contributed by atoms with Gasteiger partial charge < -0.3 is 14.4 Å². The third-order valence-corrected chi connectivity index (χ3v) is 3.51. The Hall–Kier alpha value is -1.99. The molecule has 8 heteroatoms. The van der Waals surface area contributed by atoms with E-state index in [0.717, 1.165) is 7.11 Å². The molecule has 0 radical (unpaired) electrons. The van der Waals surface area contributed by atoms with Crippen LogP contribution in [0.1, 0.15) is 12.8 Å². The molecule has 1 aromatic heterocycles. The molecule has 21 heavy (non-hydrogen) atoms. The van der Waals surface area contributed by atoms with Crippen LogP contribution >= 0.6 is 0 Å². The summed E-state index contributed by atoms with van der Waals surface area (Å²) in [5.74, 6) is -5.64. The number of carbonyl (C=O) groups is 1. The van der Waals surface area contributed by atoms with E-state index in [4.69, 9.17) is 0 Å². The number of hydrogen-bond donors (Lipinski definition) is 0. The lowest BCUT2D eigenvalue weighted by molar-refractivity contribution is -0.146. The number of nitrogens with zero attached hydrogens (tertiary/aromatic N) is 2. The third kappa shape index (κ3) is 2.88. The van der Waals surface area contributed by atoms with E-state index < -0.39 is 23.3 Å². The summed E-state index contributed by atoms with van der Waals surface area (Å²) >= 11 is 0. The van der Waals surface area contributed by atoms with Crippen molar-refractivity contribution in [2.75, 3.05) is 32.2 Å². The lowest BCUT2D eigenvalue weighted by Crippen LogP contribution is -2.38. The summed E-state index contributed by atoms with van der Waals surface area (Å²) < 4.78 is 50.0. The van der Waals surface area contributed by atoms with Crippen LogP contribution in [0.4, 0.5) is 19.0 Å². The molecule has 5 nitrogen and oxygen atoms in total. The number of ether oxygens (including phenoxy) is 2. The number of methoxy groups -OCH3 is 2. The summed E-state index contributed by atoms with van der Waals surface area (Å²) in [6, 6.07) is 0. The summed E-state index contributed by atoms with van der Waals surface area (Å²) in [4.78, 5) is 16.2. The molecule has 1 aliphatic rings. The van der Waals surface area contributed by atoms with Crippen LogP contribution in [-0.4, -0.2) is 38.3 Å². The van der Waals surface area contributed by atoms with Crippen LogP contribution in [0.5, 0.6) is 5.75 Å². The molecule has 0 aliphatic carbocycles. The van der Waals surface area contributed by atoms with Gasteiger partial charge in [0.25, 0.3) is 5.95 Å². The minimum Gasteiger partial charge on any atom is -0.491 e. The molecule has 0 bridgehead atoms. The van der Waals surface area contributed by atoms with Crippen LogP contribution in [0.15, 0.2) is 0 Å². The number of anilines is 1. The van der Waals surface area contributed by atoms with Gasteiger partial charge in [0, 0.05) is 13.1 Å². The van der Waals surface area contributed by atoms with Crippen molar-refractivity contribution < 1.29 is 27.4 Å². The lowest BCUT2D eigenvalue weighted by Gasteiger charge is -2.31. The summed E-state index contributed by atoms with van der Waals surface area (Å²) in [6.07, 6.45) is 0.851. The monoisotopic (exact) mass is 304 g/mol. The first-order chi connectivity index (χ1) is 9.99. The predicted octanol–water partition coefficient (Wildman–Crippen LogP) is 1.90. The van der Waals surface area contributed by atoms with Crippen molar-refractivity contribution in [3.05, 3.63) is 17.6 Å². The molecule has 1 fully saturated rings. The number of piperidine rings is 1. The molecule has 0 amide bonds. The highest BCUT2D eigenvalue weighted by Crippen LogP contribution is 2.32. The Morgan fingerprint density at radius 3 is 2.33 bits per heavy atom. The zero-order chi connectivity index (χ0) is 15.6. The molecule has 0 saturated carbocycles. The molecule has 1 aliphatic heterocycles. The zero-order valence-electron chi connectivity index (χ0n) is 11.7. The van der Waals surface area contributed by atoms with E-state index in [1.165, 1.54) is 12.0 Å². The second kappa shape index (κ2) is 6.19. The van der Waals surface area contributed by atoms with Crippen molar-refractivity contribution >= 4 is 11.8 Å². The molecule has 0 atom stereocenters. The molecule has 0 spiro atoms. The number of halogens is 3. The second-order valence-electron chi connectivity index (χ2n) is 4.67. The zero-order valence-corrected chi connectivity index (χ0v) is 11.7. The minimum atomic E-state index is -1.46. The van der Waals surface area contributed by atoms with Crippen LogP contribution in [0.2, 0.25) is 0 Å². The Morgan fingerprint density at radius 2 is 1.81 bits per heavy atom. The van der Waals surface area contributed by atoms with Gasteiger partial charge in [-0.2, -0.15) is 18.2 Å². The molecule has 0 N–H and O–H groups in total. The van der Waals surface area contributed by atoms with E-state index in [2.05, 4.69) is 14.5 Å². The number of rotatable bonds is 3. The van der Waals surface area contributed by atoms with Crippen LogP contribution in [0, 0.1) is 23.5 Å². The van der Waals surface area contributed by atoms with Gasteiger partial charge in [0.15, 0.2) is 11.6 Å². The highest BCUT2D eigenvalue weighted by atomic mass is 19.2. The lowest BCUT2D eigenvalue weighted by atomic mass is 9.97. The van der Waals surface area contributed by atoms with Crippen molar-refractivity contribution in [1.29, 1.82) is 0 Å². The smallest absolute Gasteiger partial charge is 0.308 e. The maximum Gasteiger partial charge on any atom is 0.308 e. The first-order valence-electron chi connectivity index (χ1n) is 6.40. The Bertz CT molecular complexity index is 546. The highest BCUT2D eigenvalue weighted by Gasteiger charge is 2.30. The maximum absolute atomic E-state index is 14.1. The van der Waals surface area contributed by atoms with Crippen LogP contribution in [0.25, 0.3) is 0 Å². The van der Waals surface area contributed by atoms with Crippen LogP contribution in [-0.2, 0) is 9.53 Å². The minimum absolute atomic E-state index is 0.276. The van der Waals surface area contributed by atoms with Crippen molar-refractivity contribution in [3.63, 3.8) is 0 Å². The van der Waals surface area contributed by atoms with E-state index >= 15 is 0 Å². The van der Waals surface area contributed by atoms with Crippen molar-refractivity contribution in [1.82, 2.24) is 4.98 Å². The molecule has 2 heterocycles. The first kappa shape index (κ1) is 15.4. The van der Waals surface area contributed by atoms with Gasteiger partial charge in [0.1, 0.15) is 0 Å². The topological polar surface area (TPSA) is 51.7 Å². The summed E-state index contributed by atoms with van der Waals surface area (Å²) in [5, 5.41) is 0. The maximum atomic E-state index is 14.1. The van der Waals surface area contributed by atoms with E-state index in [-0.39, 0.29) is 30.8 Å². The number of carbonyl (C=O) groups excluding carboxylic acids is 1.